The van der Waals surface area contributed by atoms with Crippen LogP contribution in [-0.4, -0.2) is 63.3 Å². The van der Waals surface area contributed by atoms with Crippen molar-refractivity contribution in [2.75, 3.05) is 31.5 Å². The van der Waals surface area contributed by atoms with Gasteiger partial charge in [0.05, 0.1) is 17.8 Å². The molecule has 0 spiro atoms. The Labute approximate surface area is 253 Å². The standard InChI is InChI=1S/C35H41N5O3/c1-4-39(5-2)35(43)40-30-11-9-10-28(23(3)36-27-15-12-24(13-16-27)22-38-18-7-6-8-19-38)33(30)32(34(40)42)25-14-17-29-26(20-25)21-31(41)37-29/h9,11-17,20,28,42H,4-8,10,18-19,21-22H2,1-3H3,(H,37,41). The van der Waals surface area contributed by atoms with E-state index in [1.54, 1.807) is 4.90 Å². The number of likely N-dealkylation sites (tertiary alicyclic amines) is 1. The zero-order valence-corrected chi connectivity index (χ0v) is 25.4. The van der Waals surface area contributed by atoms with E-state index in [1.807, 2.05) is 45.0 Å². The molecule has 1 atom stereocenters. The molecule has 1 aromatic heterocycles. The summed E-state index contributed by atoms with van der Waals surface area (Å²) in [5.41, 5.74) is 7.76. The van der Waals surface area contributed by atoms with Gasteiger partial charge in [0.15, 0.2) is 0 Å². The number of allylic oxidation sites excluding steroid dienone is 1. The molecule has 1 saturated heterocycles. The molecule has 8 nitrogen and oxygen atoms in total. The minimum Gasteiger partial charge on any atom is -0.494 e. The number of piperidine rings is 1. The van der Waals surface area contributed by atoms with Crippen LogP contribution in [0, 0.1) is 0 Å². The molecule has 0 bridgehead atoms. The summed E-state index contributed by atoms with van der Waals surface area (Å²) in [7, 11) is 0. The minimum atomic E-state index is -0.257. The van der Waals surface area contributed by atoms with Gasteiger partial charge in [0.25, 0.3) is 0 Å². The second kappa shape index (κ2) is 12.2. The van der Waals surface area contributed by atoms with Gasteiger partial charge in [-0.1, -0.05) is 30.7 Å². The number of aromatic nitrogens is 1. The van der Waals surface area contributed by atoms with Crippen LogP contribution < -0.4 is 5.32 Å². The molecule has 8 heteroatoms. The highest BCUT2D eigenvalue weighted by Crippen LogP contribution is 2.47. The summed E-state index contributed by atoms with van der Waals surface area (Å²) in [4.78, 5) is 35.1. The summed E-state index contributed by atoms with van der Waals surface area (Å²) in [6, 6.07) is 14.0. The van der Waals surface area contributed by atoms with Crippen LogP contribution in [0.2, 0.25) is 0 Å². The normalized spacial score (nSPS) is 18.3. The van der Waals surface area contributed by atoms with Gasteiger partial charge in [0, 0.05) is 42.5 Å². The molecule has 1 aliphatic carbocycles. The molecule has 2 aromatic carbocycles. The van der Waals surface area contributed by atoms with Gasteiger partial charge < -0.3 is 15.3 Å². The van der Waals surface area contributed by atoms with Crippen molar-refractivity contribution in [3.8, 4) is 17.0 Å². The third kappa shape index (κ3) is 5.64. The molecule has 2 amide bonds. The number of hydrogen-bond donors (Lipinski definition) is 2. The molecule has 2 aliphatic heterocycles. The molecule has 3 aromatic rings. The van der Waals surface area contributed by atoms with E-state index in [0.29, 0.717) is 37.2 Å². The number of aromatic hydroxyl groups is 1. The van der Waals surface area contributed by atoms with Crippen molar-refractivity contribution in [2.24, 2.45) is 4.99 Å². The molecule has 0 radical (unpaired) electrons. The van der Waals surface area contributed by atoms with Gasteiger partial charge in [-0.05, 0) is 106 Å². The van der Waals surface area contributed by atoms with Gasteiger partial charge in [0.2, 0.25) is 11.8 Å². The molecule has 43 heavy (non-hydrogen) atoms. The molecule has 3 heterocycles. The van der Waals surface area contributed by atoms with E-state index in [-0.39, 0.29) is 23.7 Å². The van der Waals surface area contributed by atoms with Gasteiger partial charge in [0.1, 0.15) is 0 Å². The highest BCUT2D eigenvalue weighted by Gasteiger charge is 2.34. The number of nitrogens with one attached hydrogen (secondary N) is 1. The van der Waals surface area contributed by atoms with Gasteiger partial charge in [-0.25, -0.2) is 9.36 Å². The molecular weight excluding hydrogens is 538 g/mol. The van der Waals surface area contributed by atoms with E-state index in [0.717, 1.165) is 40.3 Å². The van der Waals surface area contributed by atoms with Crippen LogP contribution in [0.3, 0.4) is 0 Å². The second-order valence-electron chi connectivity index (χ2n) is 11.8. The van der Waals surface area contributed by atoms with Crippen molar-refractivity contribution in [3.63, 3.8) is 0 Å². The Kier molecular flexibility index (Phi) is 8.21. The highest BCUT2D eigenvalue weighted by atomic mass is 16.3. The van der Waals surface area contributed by atoms with Crippen molar-refractivity contribution in [3.05, 3.63) is 70.9 Å². The molecule has 0 saturated carbocycles. The first-order valence-corrected chi connectivity index (χ1v) is 15.6. The van der Waals surface area contributed by atoms with Gasteiger partial charge in [-0.15, -0.1) is 0 Å². The Morgan fingerprint density at radius 2 is 1.81 bits per heavy atom. The van der Waals surface area contributed by atoms with Crippen molar-refractivity contribution in [2.45, 2.75) is 65.3 Å². The summed E-state index contributed by atoms with van der Waals surface area (Å²) in [6.07, 6.45) is 8.89. The average Bonchev–Trinajstić information content (AvgIpc) is 3.54. The lowest BCUT2D eigenvalue weighted by Crippen LogP contribution is -2.34. The van der Waals surface area contributed by atoms with Crippen molar-refractivity contribution >= 4 is 35.1 Å². The summed E-state index contributed by atoms with van der Waals surface area (Å²) in [5.74, 6) is -0.253. The predicted octanol–water partition coefficient (Wildman–Crippen LogP) is 6.94. The molecule has 1 fully saturated rings. The van der Waals surface area contributed by atoms with E-state index in [2.05, 4.69) is 40.6 Å². The van der Waals surface area contributed by atoms with Crippen LogP contribution in [0.25, 0.3) is 17.2 Å². The number of benzene rings is 2. The average molecular weight is 580 g/mol. The van der Waals surface area contributed by atoms with Gasteiger partial charge in [-0.2, -0.15) is 0 Å². The second-order valence-corrected chi connectivity index (χ2v) is 11.8. The summed E-state index contributed by atoms with van der Waals surface area (Å²) in [6.45, 7) is 10.3. The molecule has 3 aliphatic rings. The number of anilines is 1. The van der Waals surface area contributed by atoms with Gasteiger partial charge >= 0.3 is 6.03 Å². The lowest BCUT2D eigenvalue weighted by molar-refractivity contribution is -0.115. The number of nitrogens with zero attached hydrogens (tertiary/aromatic N) is 4. The Morgan fingerprint density at radius 1 is 1.07 bits per heavy atom. The fourth-order valence-electron chi connectivity index (χ4n) is 6.76. The maximum absolute atomic E-state index is 13.7. The largest absolute Gasteiger partial charge is 0.494 e. The first kappa shape index (κ1) is 28.9. The lowest BCUT2D eigenvalue weighted by Gasteiger charge is -2.26. The van der Waals surface area contributed by atoms with Crippen molar-refractivity contribution in [1.29, 1.82) is 0 Å². The first-order chi connectivity index (χ1) is 20.9. The van der Waals surface area contributed by atoms with E-state index >= 15 is 0 Å². The first-order valence-electron chi connectivity index (χ1n) is 15.6. The molecule has 6 rings (SSSR count). The SMILES string of the molecule is CCN(CC)C(=O)n1c(O)c(-c2ccc3c(c2)CC(=O)N3)c2c1C=CCC2C(C)=Nc1ccc(CN2CCCCC2)cc1. The fraction of sp³-hybridized carbons (Fsp3) is 0.400. The number of amides is 2. The van der Waals surface area contributed by atoms with Crippen LogP contribution in [0.15, 0.2) is 53.5 Å². The highest BCUT2D eigenvalue weighted by molar-refractivity contribution is 6.01. The van der Waals surface area contributed by atoms with Crippen LogP contribution in [-0.2, 0) is 17.8 Å². The van der Waals surface area contributed by atoms with Crippen LogP contribution in [0.5, 0.6) is 5.88 Å². The van der Waals surface area contributed by atoms with E-state index in [1.165, 1.54) is 42.5 Å². The molecular formula is C35H41N5O3. The Morgan fingerprint density at radius 3 is 2.53 bits per heavy atom. The zero-order valence-electron chi connectivity index (χ0n) is 25.4. The topological polar surface area (TPSA) is 90.2 Å². The van der Waals surface area contributed by atoms with E-state index in [4.69, 9.17) is 4.99 Å². The number of rotatable bonds is 7. The predicted molar refractivity (Wildman–Crippen MR) is 172 cm³/mol. The molecule has 224 valence electrons. The number of fused-ring (bicyclic) bond motifs is 2. The van der Waals surface area contributed by atoms with Crippen LogP contribution in [0.1, 0.15) is 74.8 Å². The van der Waals surface area contributed by atoms with Crippen LogP contribution in [0.4, 0.5) is 16.2 Å². The van der Waals surface area contributed by atoms with E-state index < -0.39 is 0 Å². The lowest BCUT2D eigenvalue weighted by atomic mass is 9.83. The number of carbonyl (C=O) groups excluding carboxylic acids is 2. The summed E-state index contributed by atoms with van der Waals surface area (Å²) < 4.78 is 1.44. The third-order valence-electron chi connectivity index (χ3n) is 9.06. The number of aliphatic imine (C=N–C) groups is 1. The zero-order chi connectivity index (χ0) is 30.1. The Bertz CT molecular complexity index is 1590. The minimum absolute atomic E-state index is 0.0431. The van der Waals surface area contributed by atoms with Crippen LogP contribution >= 0.6 is 0 Å². The Hall–Kier alpha value is -4.17. The maximum Gasteiger partial charge on any atom is 0.331 e. The quantitative estimate of drug-likeness (QED) is 0.297. The van der Waals surface area contributed by atoms with Crippen molar-refractivity contribution < 1.29 is 14.7 Å². The maximum atomic E-state index is 13.7. The fourth-order valence-corrected chi connectivity index (χ4v) is 6.76. The number of carbonyl (C=O) groups is 2. The smallest absolute Gasteiger partial charge is 0.331 e. The monoisotopic (exact) mass is 579 g/mol. The number of hydrogen-bond acceptors (Lipinski definition) is 5. The van der Waals surface area contributed by atoms with Crippen molar-refractivity contribution in [1.82, 2.24) is 14.4 Å². The van der Waals surface area contributed by atoms with Gasteiger partial charge in [-0.3, -0.25) is 14.7 Å². The van der Waals surface area contributed by atoms with E-state index in [9.17, 15) is 14.7 Å². The molecule has 2 N–H and O–H groups in total. The Balaban J connectivity index is 1.39. The third-order valence-corrected chi connectivity index (χ3v) is 9.06. The summed E-state index contributed by atoms with van der Waals surface area (Å²) >= 11 is 0. The molecule has 1 unspecified atom stereocenters. The summed E-state index contributed by atoms with van der Waals surface area (Å²) in [5, 5.41) is 14.6.